The van der Waals surface area contributed by atoms with Gasteiger partial charge in [0.1, 0.15) is 41.3 Å². The van der Waals surface area contributed by atoms with Gasteiger partial charge in [0.05, 0.1) is 41.3 Å². The van der Waals surface area contributed by atoms with Crippen LogP contribution in [0.1, 0.15) is 91.2 Å². The number of halogens is 2. The third-order valence-corrected chi connectivity index (χ3v) is 15.4. The third kappa shape index (κ3) is 7.82. The molecule has 4 aliphatic carbocycles. The number of alkyl carbamates (subject to hydrolysis) is 1. The van der Waals surface area contributed by atoms with Gasteiger partial charge < -0.3 is 29.7 Å². The average Bonchev–Trinajstić information content (AvgIpc) is 4.04. The molecule has 9 atom stereocenters. The highest BCUT2D eigenvalue weighted by atomic mass is 32.2. The summed E-state index contributed by atoms with van der Waals surface area (Å²) in [5.41, 5.74) is -1.49. The number of aromatic nitrogens is 2. The van der Waals surface area contributed by atoms with Gasteiger partial charge in [0.15, 0.2) is 0 Å². The van der Waals surface area contributed by atoms with Crippen molar-refractivity contribution in [2.45, 2.75) is 133 Å². The molecule has 4 fully saturated rings. The number of fused-ring (bicyclic) bond motifs is 7. The molecule has 2 bridgehead atoms. The first-order valence-electron chi connectivity index (χ1n) is 20.8. The van der Waals surface area contributed by atoms with Crippen LogP contribution in [0, 0.1) is 40.9 Å². The van der Waals surface area contributed by atoms with Crippen molar-refractivity contribution in [1.29, 1.82) is 0 Å². The Morgan fingerprint density at radius 2 is 1.83 bits per heavy atom. The van der Waals surface area contributed by atoms with Crippen LogP contribution in [0.4, 0.5) is 13.6 Å². The summed E-state index contributed by atoms with van der Waals surface area (Å²) in [7, 11) is -2.71. The standard InChI is InChI=1S/C42H52F2N6O9S/c1-40(2,3)33-37(52)50-21-25(19-31(50)35(51)48-42(20-27(42)34(43)44)38(53)49-60(55,56)41(4)15-16-41)58-36-29(45-28-14-12-24(57-5)18-30(28)46-36)10-8-6-7-9-23-17-22-11-13-26(22)32(23)59-39(54)47-33/h12,14,18,22-23,25-27,31-34H,6-10,15-17,19-21H2,1-5H3,(H,47,54)(H,48,51)(H,49,53). The van der Waals surface area contributed by atoms with Gasteiger partial charge in [0.2, 0.25) is 34.1 Å². The molecule has 2 aromatic rings. The van der Waals surface area contributed by atoms with Crippen molar-refractivity contribution in [3.63, 3.8) is 0 Å². The number of hydrogen-bond acceptors (Lipinski definition) is 11. The molecule has 4 amide bonds. The van der Waals surface area contributed by atoms with Crippen molar-refractivity contribution < 1.29 is 50.6 Å². The highest BCUT2D eigenvalue weighted by Gasteiger charge is 2.67. The van der Waals surface area contributed by atoms with Gasteiger partial charge in [-0.15, -0.1) is 0 Å². The zero-order valence-electron chi connectivity index (χ0n) is 34.4. The van der Waals surface area contributed by atoms with E-state index < -0.39 is 92.6 Å². The molecule has 9 unspecified atom stereocenters. The van der Waals surface area contributed by atoms with Crippen LogP contribution < -0.4 is 24.8 Å². The molecule has 15 nitrogen and oxygen atoms in total. The van der Waals surface area contributed by atoms with Crippen molar-refractivity contribution in [2.75, 3.05) is 13.7 Å². The lowest BCUT2D eigenvalue weighted by molar-refractivity contribution is -0.143. The molecular weight excluding hydrogens is 803 g/mol. The topological polar surface area (TPSA) is 195 Å². The van der Waals surface area contributed by atoms with E-state index in [-0.39, 0.29) is 49.4 Å². The van der Waals surface area contributed by atoms with Crippen molar-refractivity contribution in [2.24, 2.45) is 29.1 Å². The minimum atomic E-state index is -4.24. The first-order valence-corrected chi connectivity index (χ1v) is 22.3. The van der Waals surface area contributed by atoms with Gasteiger partial charge in [0, 0.05) is 18.4 Å². The number of rotatable bonds is 7. The van der Waals surface area contributed by atoms with Crippen LogP contribution in [0.2, 0.25) is 0 Å². The number of benzene rings is 1. The van der Waals surface area contributed by atoms with E-state index in [1.54, 1.807) is 39.0 Å². The van der Waals surface area contributed by atoms with E-state index in [1.165, 1.54) is 18.9 Å². The summed E-state index contributed by atoms with van der Waals surface area (Å²) in [6.07, 6.45) is -0.712. The fourth-order valence-corrected chi connectivity index (χ4v) is 10.4. The molecule has 2 aliphatic heterocycles. The second-order valence-corrected chi connectivity index (χ2v) is 20.8. The molecule has 3 saturated carbocycles. The maximum Gasteiger partial charge on any atom is 0.408 e. The minimum absolute atomic E-state index is 0.0591. The number of nitrogens with one attached hydrogen (secondary N) is 3. The maximum atomic E-state index is 14.8. The summed E-state index contributed by atoms with van der Waals surface area (Å²) in [5, 5.41) is 5.24. The predicted molar refractivity (Wildman–Crippen MR) is 212 cm³/mol. The number of carbonyl (C=O) groups is 4. The molecule has 6 aliphatic rings. The predicted octanol–water partition coefficient (Wildman–Crippen LogP) is 4.02. The number of amides is 4. The van der Waals surface area contributed by atoms with E-state index in [2.05, 4.69) is 22.5 Å². The summed E-state index contributed by atoms with van der Waals surface area (Å²) >= 11 is 0. The van der Waals surface area contributed by atoms with Crippen LogP contribution in [0.3, 0.4) is 0 Å². The highest BCUT2D eigenvalue weighted by molar-refractivity contribution is 7.91. The van der Waals surface area contributed by atoms with Gasteiger partial charge in [-0.1, -0.05) is 45.5 Å². The Balaban J connectivity index is 1.14. The first-order chi connectivity index (χ1) is 28.3. The number of aryl methyl sites for hydroxylation is 1. The summed E-state index contributed by atoms with van der Waals surface area (Å²) in [4.78, 5) is 67.6. The molecule has 3 N–H and O–H groups in total. The van der Waals surface area contributed by atoms with Crippen molar-refractivity contribution in [3.8, 4) is 23.5 Å². The van der Waals surface area contributed by atoms with Crippen LogP contribution in [0.5, 0.6) is 11.6 Å². The second kappa shape index (κ2) is 15.3. The van der Waals surface area contributed by atoms with E-state index in [9.17, 15) is 36.4 Å². The molecular formula is C42H52F2N6O9S. The van der Waals surface area contributed by atoms with Crippen LogP contribution in [0.25, 0.3) is 11.0 Å². The number of carbonyl (C=O) groups excluding carboxylic acids is 4. The molecule has 0 spiro atoms. The summed E-state index contributed by atoms with van der Waals surface area (Å²) in [6, 6.07) is 2.67. The summed E-state index contributed by atoms with van der Waals surface area (Å²) in [6.45, 7) is 6.50. The van der Waals surface area contributed by atoms with Crippen LogP contribution in [-0.4, -0.2) is 102 Å². The van der Waals surface area contributed by atoms with Gasteiger partial charge in [-0.3, -0.25) is 19.1 Å². The van der Waals surface area contributed by atoms with Gasteiger partial charge in [-0.2, -0.15) is 0 Å². The molecule has 3 heterocycles. The Labute approximate surface area is 347 Å². The lowest BCUT2D eigenvalue weighted by atomic mass is 9.85. The van der Waals surface area contributed by atoms with E-state index in [1.807, 2.05) is 4.72 Å². The van der Waals surface area contributed by atoms with Crippen LogP contribution in [0.15, 0.2) is 18.2 Å². The van der Waals surface area contributed by atoms with E-state index in [0.29, 0.717) is 28.9 Å². The van der Waals surface area contributed by atoms with Gasteiger partial charge in [0.25, 0.3) is 5.91 Å². The Bertz CT molecular complexity index is 2270. The van der Waals surface area contributed by atoms with Crippen molar-refractivity contribution in [1.82, 2.24) is 30.2 Å². The Kier molecular flexibility index (Phi) is 10.7. The Morgan fingerprint density at radius 1 is 1.07 bits per heavy atom. The van der Waals surface area contributed by atoms with Gasteiger partial charge in [-0.05, 0) is 75.3 Å². The molecule has 1 aromatic carbocycles. The largest absolute Gasteiger partial charge is 0.497 e. The maximum absolute atomic E-state index is 14.8. The second-order valence-electron chi connectivity index (χ2n) is 18.6. The SMILES string of the molecule is COc1ccc2nc3c(nc2c1)OC1CC(C(=O)NC2(C(=O)NS(=O)(=O)C4(C)CC4)CC2C(F)F)N(C1)C(=O)C(C(C)(C)C)NC(=O)OC1C(CCCCC3)CC2C#CC21. The quantitative estimate of drug-likeness (QED) is 0.341. The number of ether oxygens (including phenoxy) is 3. The number of hydrogen-bond donors (Lipinski definition) is 3. The van der Waals surface area contributed by atoms with Crippen molar-refractivity contribution in [3.05, 3.63) is 23.9 Å². The zero-order chi connectivity index (χ0) is 42.9. The minimum Gasteiger partial charge on any atom is -0.497 e. The fourth-order valence-electron chi connectivity index (χ4n) is 9.09. The van der Waals surface area contributed by atoms with Crippen molar-refractivity contribution >= 4 is 44.9 Å². The molecule has 8 rings (SSSR count). The van der Waals surface area contributed by atoms with E-state index in [0.717, 1.165) is 32.1 Å². The number of methoxy groups -OCH3 is 1. The number of sulfonamides is 1. The Hall–Kier alpha value is -4.79. The molecule has 0 radical (unpaired) electrons. The lowest BCUT2D eigenvalue weighted by Gasteiger charge is -2.36. The fraction of sp³-hybridized carbons (Fsp3) is 0.667. The van der Waals surface area contributed by atoms with Gasteiger partial charge >= 0.3 is 6.09 Å². The zero-order valence-corrected chi connectivity index (χ0v) is 35.2. The number of alkyl halides is 2. The molecule has 324 valence electrons. The van der Waals surface area contributed by atoms with E-state index >= 15 is 0 Å². The smallest absolute Gasteiger partial charge is 0.408 e. The first kappa shape index (κ1) is 41.9. The highest BCUT2D eigenvalue weighted by Crippen LogP contribution is 2.50. The molecule has 60 heavy (non-hydrogen) atoms. The third-order valence-electron chi connectivity index (χ3n) is 13.3. The Morgan fingerprint density at radius 3 is 2.48 bits per heavy atom. The normalized spacial score (nSPS) is 32.2. The lowest BCUT2D eigenvalue weighted by Crippen LogP contribution is -2.60. The van der Waals surface area contributed by atoms with E-state index in [4.69, 9.17) is 24.2 Å². The summed E-state index contributed by atoms with van der Waals surface area (Å²) in [5.74, 6) is 2.64. The molecule has 1 aromatic heterocycles. The molecule has 18 heteroatoms. The van der Waals surface area contributed by atoms with Crippen LogP contribution >= 0.6 is 0 Å². The summed E-state index contributed by atoms with van der Waals surface area (Å²) < 4.78 is 73.5. The van der Waals surface area contributed by atoms with Crippen LogP contribution in [-0.2, 0) is 35.6 Å². The monoisotopic (exact) mass is 854 g/mol. The molecule has 1 saturated heterocycles. The average molecular weight is 855 g/mol. The van der Waals surface area contributed by atoms with Gasteiger partial charge in [-0.25, -0.2) is 32.0 Å². The number of nitrogens with zero attached hydrogens (tertiary/aromatic N) is 3.